The number of fused-ring (bicyclic) bond motifs is 1. The van der Waals surface area contributed by atoms with Crippen molar-refractivity contribution in [3.8, 4) is 0 Å². The second-order valence-electron chi connectivity index (χ2n) is 4.57. The summed E-state index contributed by atoms with van der Waals surface area (Å²) < 4.78 is 0. The van der Waals surface area contributed by atoms with Crippen LogP contribution in [0.1, 0.15) is 42.4 Å². The second kappa shape index (κ2) is 5.67. The van der Waals surface area contributed by atoms with Crippen molar-refractivity contribution in [3.05, 3.63) is 41.0 Å². The SMILES string of the molecule is O=C(O)CC/C=C/c1ccc2c(c1)CCCC2. The zero-order chi connectivity index (χ0) is 12.1. The number of benzene rings is 1. The third-order valence-corrected chi connectivity index (χ3v) is 3.21. The molecule has 2 heteroatoms. The Morgan fingerprint density at radius 2 is 2.00 bits per heavy atom. The van der Waals surface area contributed by atoms with Crippen LogP contribution in [0.15, 0.2) is 24.3 Å². The summed E-state index contributed by atoms with van der Waals surface area (Å²) in [6, 6.07) is 6.58. The molecular weight excluding hydrogens is 212 g/mol. The number of carbonyl (C=O) groups is 1. The van der Waals surface area contributed by atoms with Crippen LogP contribution < -0.4 is 0 Å². The number of hydrogen-bond acceptors (Lipinski definition) is 1. The van der Waals surface area contributed by atoms with Crippen LogP contribution in [-0.2, 0) is 17.6 Å². The number of rotatable bonds is 4. The van der Waals surface area contributed by atoms with Crippen molar-refractivity contribution in [1.82, 2.24) is 0 Å². The van der Waals surface area contributed by atoms with E-state index < -0.39 is 5.97 Å². The van der Waals surface area contributed by atoms with Gasteiger partial charge in [-0.2, -0.15) is 0 Å². The molecule has 0 saturated heterocycles. The topological polar surface area (TPSA) is 37.3 Å². The average Bonchev–Trinajstić information content (AvgIpc) is 2.34. The minimum atomic E-state index is -0.736. The van der Waals surface area contributed by atoms with Gasteiger partial charge in [0.05, 0.1) is 0 Å². The zero-order valence-corrected chi connectivity index (χ0v) is 9.98. The fourth-order valence-electron chi connectivity index (χ4n) is 2.28. The largest absolute Gasteiger partial charge is 0.481 e. The van der Waals surface area contributed by atoms with Crippen molar-refractivity contribution in [1.29, 1.82) is 0 Å². The van der Waals surface area contributed by atoms with Gasteiger partial charge in [-0.15, -0.1) is 0 Å². The molecule has 0 radical (unpaired) electrons. The lowest BCUT2D eigenvalue weighted by atomic mass is 9.90. The van der Waals surface area contributed by atoms with Gasteiger partial charge in [0.25, 0.3) is 0 Å². The molecule has 0 aromatic heterocycles. The van der Waals surface area contributed by atoms with E-state index in [-0.39, 0.29) is 6.42 Å². The van der Waals surface area contributed by atoms with Gasteiger partial charge in [0.15, 0.2) is 0 Å². The summed E-state index contributed by atoms with van der Waals surface area (Å²) in [5.74, 6) is -0.736. The van der Waals surface area contributed by atoms with Crippen molar-refractivity contribution in [2.24, 2.45) is 0 Å². The number of aryl methyl sites for hydroxylation is 2. The fraction of sp³-hybridized carbons (Fsp3) is 0.400. The molecule has 0 atom stereocenters. The van der Waals surface area contributed by atoms with Crippen LogP contribution in [0.25, 0.3) is 6.08 Å². The van der Waals surface area contributed by atoms with Crippen LogP contribution in [0.5, 0.6) is 0 Å². The second-order valence-corrected chi connectivity index (χ2v) is 4.57. The number of aliphatic carboxylic acids is 1. The highest BCUT2D eigenvalue weighted by Gasteiger charge is 2.08. The van der Waals surface area contributed by atoms with Gasteiger partial charge in [-0.3, -0.25) is 4.79 Å². The van der Waals surface area contributed by atoms with Gasteiger partial charge in [-0.25, -0.2) is 0 Å². The minimum absolute atomic E-state index is 0.210. The van der Waals surface area contributed by atoms with E-state index in [4.69, 9.17) is 5.11 Å². The normalized spacial score (nSPS) is 14.8. The Labute approximate surface area is 102 Å². The highest BCUT2D eigenvalue weighted by atomic mass is 16.4. The van der Waals surface area contributed by atoms with Crippen LogP contribution in [0.4, 0.5) is 0 Å². The molecule has 0 unspecified atom stereocenters. The zero-order valence-electron chi connectivity index (χ0n) is 9.98. The van der Waals surface area contributed by atoms with E-state index in [1.807, 2.05) is 12.2 Å². The van der Waals surface area contributed by atoms with E-state index >= 15 is 0 Å². The van der Waals surface area contributed by atoms with Gasteiger partial charge in [0.1, 0.15) is 0 Å². The molecule has 1 N–H and O–H groups in total. The smallest absolute Gasteiger partial charge is 0.303 e. The van der Waals surface area contributed by atoms with Gasteiger partial charge in [-0.05, 0) is 48.8 Å². The third-order valence-electron chi connectivity index (χ3n) is 3.21. The first-order valence-corrected chi connectivity index (χ1v) is 6.26. The first-order valence-electron chi connectivity index (χ1n) is 6.26. The van der Waals surface area contributed by atoms with Crippen LogP contribution in [0.3, 0.4) is 0 Å². The van der Waals surface area contributed by atoms with Gasteiger partial charge in [0, 0.05) is 6.42 Å². The number of carboxylic acids is 1. The first-order chi connectivity index (χ1) is 8.25. The Balaban J connectivity index is 1.99. The Morgan fingerprint density at radius 1 is 1.24 bits per heavy atom. The van der Waals surface area contributed by atoms with Gasteiger partial charge < -0.3 is 5.11 Å². The van der Waals surface area contributed by atoms with Crippen LogP contribution >= 0.6 is 0 Å². The van der Waals surface area contributed by atoms with E-state index in [0.717, 1.165) is 0 Å². The van der Waals surface area contributed by atoms with Crippen LogP contribution in [-0.4, -0.2) is 11.1 Å². The highest BCUT2D eigenvalue weighted by Crippen LogP contribution is 2.22. The molecule has 0 heterocycles. The summed E-state index contributed by atoms with van der Waals surface area (Å²) in [6.07, 6.45) is 9.77. The highest BCUT2D eigenvalue weighted by molar-refractivity contribution is 5.67. The molecule has 0 spiro atoms. The lowest BCUT2D eigenvalue weighted by molar-refractivity contribution is -0.136. The summed E-state index contributed by atoms with van der Waals surface area (Å²) >= 11 is 0. The molecule has 1 aliphatic carbocycles. The van der Waals surface area contributed by atoms with Gasteiger partial charge in [0.2, 0.25) is 0 Å². The van der Waals surface area contributed by atoms with E-state index in [0.29, 0.717) is 6.42 Å². The van der Waals surface area contributed by atoms with E-state index in [1.165, 1.54) is 42.4 Å². The van der Waals surface area contributed by atoms with Gasteiger partial charge in [-0.1, -0.05) is 30.4 Å². The standard InChI is InChI=1S/C15H18O2/c16-15(17)8-4-1-5-12-9-10-13-6-2-3-7-14(13)11-12/h1,5,9-11H,2-4,6-8H2,(H,16,17)/b5-1+. The molecule has 0 amide bonds. The van der Waals surface area contributed by atoms with Crippen molar-refractivity contribution in [2.45, 2.75) is 38.5 Å². The van der Waals surface area contributed by atoms with E-state index in [1.54, 1.807) is 0 Å². The molecule has 1 aliphatic rings. The molecule has 2 nitrogen and oxygen atoms in total. The summed E-state index contributed by atoms with van der Waals surface area (Å²) in [5, 5.41) is 8.53. The van der Waals surface area contributed by atoms with E-state index in [9.17, 15) is 4.79 Å². The van der Waals surface area contributed by atoms with Crippen molar-refractivity contribution in [3.63, 3.8) is 0 Å². The lowest BCUT2D eigenvalue weighted by Gasteiger charge is -2.15. The summed E-state index contributed by atoms with van der Waals surface area (Å²) in [7, 11) is 0. The summed E-state index contributed by atoms with van der Waals surface area (Å²) in [5.41, 5.74) is 4.15. The Kier molecular flexibility index (Phi) is 3.97. The maximum absolute atomic E-state index is 10.4. The molecular formula is C15H18O2. The molecule has 90 valence electrons. The third kappa shape index (κ3) is 3.45. The predicted molar refractivity (Wildman–Crippen MR) is 69.0 cm³/mol. The van der Waals surface area contributed by atoms with E-state index in [2.05, 4.69) is 18.2 Å². The predicted octanol–water partition coefficient (Wildman–Crippen LogP) is 3.44. The van der Waals surface area contributed by atoms with Crippen molar-refractivity contribution < 1.29 is 9.90 Å². The molecule has 0 bridgehead atoms. The summed E-state index contributed by atoms with van der Waals surface area (Å²) in [6.45, 7) is 0. The lowest BCUT2D eigenvalue weighted by Crippen LogP contribution is -2.02. The Bertz CT molecular complexity index is 433. The number of allylic oxidation sites excluding steroid dienone is 1. The number of hydrogen-bond donors (Lipinski definition) is 1. The number of carboxylic acid groups (broad SMARTS) is 1. The molecule has 17 heavy (non-hydrogen) atoms. The fourth-order valence-corrected chi connectivity index (χ4v) is 2.28. The molecule has 2 rings (SSSR count). The summed E-state index contributed by atoms with van der Waals surface area (Å²) in [4.78, 5) is 10.4. The maximum Gasteiger partial charge on any atom is 0.303 e. The minimum Gasteiger partial charge on any atom is -0.481 e. The Hall–Kier alpha value is -1.57. The van der Waals surface area contributed by atoms with Crippen molar-refractivity contribution in [2.75, 3.05) is 0 Å². The molecule has 1 aromatic rings. The Morgan fingerprint density at radius 3 is 2.76 bits per heavy atom. The molecule has 1 aromatic carbocycles. The molecule has 0 fully saturated rings. The monoisotopic (exact) mass is 230 g/mol. The van der Waals surface area contributed by atoms with Crippen LogP contribution in [0, 0.1) is 0 Å². The molecule has 0 saturated carbocycles. The average molecular weight is 230 g/mol. The molecule has 0 aliphatic heterocycles. The van der Waals surface area contributed by atoms with Crippen LogP contribution in [0.2, 0.25) is 0 Å². The van der Waals surface area contributed by atoms with Gasteiger partial charge >= 0.3 is 5.97 Å². The van der Waals surface area contributed by atoms with Crippen molar-refractivity contribution >= 4 is 12.0 Å². The first kappa shape index (κ1) is 11.9. The maximum atomic E-state index is 10.4. The quantitative estimate of drug-likeness (QED) is 0.860.